The van der Waals surface area contributed by atoms with Crippen LogP contribution < -0.4 is 11.5 Å². The second-order valence-corrected chi connectivity index (χ2v) is 2.81. The van der Waals surface area contributed by atoms with Gasteiger partial charge in [0.15, 0.2) is 0 Å². The highest BCUT2D eigenvalue weighted by molar-refractivity contribution is 5.62. The molecule has 6 heteroatoms. The van der Waals surface area contributed by atoms with E-state index in [1.165, 1.54) is 0 Å². The molecule has 0 fully saturated rings. The Kier molecular flexibility index (Phi) is 2.88. The molecule has 0 saturated carbocycles. The van der Waals surface area contributed by atoms with Gasteiger partial charge in [-0.1, -0.05) is 6.07 Å². The third-order valence-electron chi connectivity index (χ3n) is 1.79. The van der Waals surface area contributed by atoms with Crippen LogP contribution in [0.3, 0.4) is 0 Å². The molecule has 0 atom stereocenters. The van der Waals surface area contributed by atoms with E-state index in [1.54, 1.807) is 0 Å². The zero-order chi connectivity index (χ0) is 11.6. The van der Waals surface area contributed by atoms with E-state index in [-0.39, 0.29) is 11.3 Å². The Labute approximate surface area is 83.2 Å². The van der Waals surface area contributed by atoms with Crippen LogP contribution in [-0.4, -0.2) is 0 Å². The summed E-state index contributed by atoms with van der Waals surface area (Å²) in [5, 5.41) is 0. The summed E-state index contributed by atoms with van der Waals surface area (Å²) in [4.78, 5) is 0. The van der Waals surface area contributed by atoms with Crippen molar-refractivity contribution in [3.05, 3.63) is 41.3 Å². The molecule has 2 nitrogen and oxygen atoms in total. The van der Waals surface area contributed by atoms with Crippen LogP contribution >= 0.6 is 0 Å². The van der Waals surface area contributed by atoms with E-state index in [1.807, 2.05) is 0 Å². The lowest BCUT2D eigenvalue weighted by molar-refractivity contribution is -0.140. The van der Waals surface area contributed by atoms with Crippen LogP contribution in [0.1, 0.15) is 11.1 Å². The summed E-state index contributed by atoms with van der Waals surface area (Å²) in [6.45, 7) is 0. The number of benzene rings is 1. The van der Waals surface area contributed by atoms with Crippen molar-refractivity contribution in [2.24, 2.45) is 11.5 Å². The van der Waals surface area contributed by atoms with Gasteiger partial charge in [0.25, 0.3) is 0 Å². The minimum Gasteiger partial charge on any atom is -0.403 e. The maximum absolute atomic E-state index is 13.0. The van der Waals surface area contributed by atoms with Crippen molar-refractivity contribution in [1.29, 1.82) is 0 Å². The van der Waals surface area contributed by atoms with Gasteiger partial charge in [0, 0.05) is 11.8 Å². The van der Waals surface area contributed by atoms with Crippen molar-refractivity contribution < 1.29 is 17.6 Å². The quantitative estimate of drug-likeness (QED) is 0.712. The van der Waals surface area contributed by atoms with Gasteiger partial charge in [-0.2, -0.15) is 13.2 Å². The van der Waals surface area contributed by atoms with Crippen LogP contribution in [0.5, 0.6) is 0 Å². The molecule has 0 aromatic heterocycles. The van der Waals surface area contributed by atoms with Gasteiger partial charge in [-0.25, -0.2) is 4.39 Å². The van der Waals surface area contributed by atoms with Gasteiger partial charge >= 0.3 is 6.18 Å². The second kappa shape index (κ2) is 3.80. The predicted octanol–water partition coefficient (Wildman–Crippen LogP) is 2.06. The second-order valence-electron chi connectivity index (χ2n) is 2.81. The van der Waals surface area contributed by atoms with E-state index in [9.17, 15) is 17.6 Å². The molecule has 1 aromatic rings. The average Bonchev–Trinajstić information content (AvgIpc) is 2.14. The Bertz CT molecular complexity index is 396. The maximum atomic E-state index is 13.0. The minimum absolute atomic E-state index is 0.0163. The molecule has 0 heterocycles. The molecule has 0 amide bonds. The highest BCUT2D eigenvalue weighted by atomic mass is 19.4. The third kappa shape index (κ3) is 2.39. The summed E-state index contributed by atoms with van der Waals surface area (Å²) in [6.07, 6.45) is -3.72. The summed E-state index contributed by atoms with van der Waals surface area (Å²) in [7, 11) is 0. The number of hydrogen-bond acceptors (Lipinski definition) is 2. The fourth-order valence-electron chi connectivity index (χ4n) is 1.02. The van der Waals surface area contributed by atoms with Crippen LogP contribution in [0.15, 0.2) is 24.4 Å². The van der Waals surface area contributed by atoms with Crippen molar-refractivity contribution in [2.75, 3.05) is 0 Å². The summed E-state index contributed by atoms with van der Waals surface area (Å²) in [5.41, 5.74) is 9.16. The van der Waals surface area contributed by atoms with Crippen molar-refractivity contribution in [3.8, 4) is 0 Å². The first kappa shape index (κ1) is 11.4. The molecule has 1 aromatic carbocycles. The largest absolute Gasteiger partial charge is 0.419 e. The predicted molar refractivity (Wildman–Crippen MR) is 47.8 cm³/mol. The highest BCUT2D eigenvalue weighted by Crippen LogP contribution is 2.31. The van der Waals surface area contributed by atoms with E-state index in [4.69, 9.17) is 11.5 Å². The molecule has 0 unspecified atom stereocenters. The number of rotatable bonds is 1. The van der Waals surface area contributed by atoms with Gasteiger partial charge in [-0.15, -0.1) is 0 Å². The van der Waals surface area contributed by atoms with Crippen LogP contribution in [0.4, 0.5) is 17.6 Å². The SMILES string of the molecule is N/C=C(\N)c1ccc(C(F)(F)F)c(F)c1. The Morgan fingerprint density at radius 2 is 1.87 bits per heavy atom. The molecular formula is C9H8F4N2. The van der Waals surface area contributed by atoms with E-state index in [0.29, 0.717) is 12.1 Å². The lowest BCUT2D eigenvalue weighted by Crippen LogP contribution is -2.09. The molecule has 0 aliphatic heterocycles. The number of hydrogen-bond donors (Lipinski definition) is 2. The summed E-state index contributed by atoms with van der Waals surface area (Å²) in [6, 6.07) is 2.38. The van der Waals surface area contributed by atoms with Gasteiger partial charge in [0.05, 0.1) is 11.3 Å². The van der Waals surface area contributed by atoms with Gasteiger partial charge < -0.3 is 11.5 Å². The van der Waals surface area contributed by atoms with E-state index in [0.717, 1.165) is 12.3 Å². The standard InChI is InChI=1S/C9H8F4N2/c10-7-3-5(8(15)4-14)1-2-6(7)9(11,12)13/h1-4H,14-15H2/b8-4-. The molecule has 0 spiro atoms. The molecule has 15 heavy (non-hydrogen) atoms. The monoisotopic (exact) mass is 220 g/mol. The average molecular weight is 220 g/mol. The molecule has 0 aliphatic carbocycles. The lowest BCUT2D eigenvalue weighted by Gasteiger charge is -2.09. The first-order valence-corrected chi connectivity index (χ1v) is 3.90. The first-order valence-electron chi connectivity index (χ1n) is 3.90. The van der Waals surface area contributed by atoms with E-state index in [2.05, 4.69) is 0 Å². The van der Waals surface area contributed by atoms with Crippen molar-refractivity contribution in [3.63, 3.8) is 0 Å². The maximum Gasteiger partial charge on any atom is 0.419 e. The van der Waals surface area contributed by atoms with Crippen LogP contribution in [0.25, 0.3) is 5.70 Å². The van der Waals surface area contributed by atoms with Crippen LogP contribution in [-0.2, 0) is 6.18 Å². The number of alkyl halides is 3. The lowest BCUT2D eigenvalue weighted by atomic mass is 10.1. The van der Waals surface area contributed by atoms with Gasteiger partial charge in [-0.3, -0.25) is 0 Å². The minimum atomic E-state index is -4.70. The molecule has 0 aliphatic rings. The third-order valence-corrected chi connectivity index (χ3v) is 1.79. The molecule has 82 valence electrons. The number of nitrogens with two attached hydrogens (primary N) is 2. The van der Waals surface area contributed by atoms with Gasteiger partial charge in [0.2, 0.25) is 0 Å². The molecule has 1 rings (SSSR count). The summed E-state index contributed by atoms with van der Waals surface area (Å²) >= 11 is 0. The summed E-state index contributed by atoms with van der Waals surface area (Å²) in [5.74, 6) is -1.37. The fourth-order valence-corrected chi connectivity index (χ4v) is 1.02. The highest BCUT2D eigenvalue weighted by Gasteiger charge is 2.33. The normalized spacial score (nSPS) is 12.9. The smallest absolute Gasteiger partial charge is 0.403 e. The van der Waals surface area contributed by atoms with Crippen molar-refractivity contribution in [2.45, 2.75) is 6.18 Å². The Hall–Kier alpha value is -1.72. The molecule has 4 N–H and O–H groups in total. The first-order chi connectivity index (χ1) is 6.86. The van der Waals surface area contributed by atoms with Crippen LogP contribution in [0.2, 0.25) is 0 Å². The zero-order valence-electron chi connectivity index (χ0n) is 7.48. The van der Waals surface area contributed by atoms with E-state index < -0.39 is 17.6 Å². The zero-order valence-corrected chi connectivity index (χ0v) is 7.48. The Morgan fingerprint density at radius 1 is 1.27 bits per heavy atom. The van der Waals surface area contributed by atoms with Crippen molar-refractivity contribution >= 4 is 5.70 Å². The Balaban J connectivity index is 3.21. The molecule has 0 saturated heterocycles. The fraction of sp³-hybridized carbons (Fsp3) is 0.111. The molecular weight excluding hydrogens is 212 g/mol. The van der Waals surface area contributed by atoms with E-state index >= 15 is 0 Å². The molecule has 0 bridgehead atoms. The van der Waals surface area contributed by atoms with Gasteiger partial charge in [0.1, 0.15) is 5.82 Å². The summed E-state index contributed by atoms with van der Waals surface area (Å²) < 4.78 is 49.5. The topological polar surface area (TPSA) is 52.0 Å². The van der Waals surface area contributed by atoms with Gasteiger partial charge in [-0.05, 0) is 12.1 Å². The molecule has 0 radical (unpaired) electrons. The number of halogens is 4. The van der Waals surface area contributed by atoms with Crippen molar-refractivity contribution in [1.82, 2.24) is 0 Å². The van der Waals surface area contributed by atoms with Crippen LogP contribution in [0, 0.1) is 5.82 Å². The Morgan fingerprint density at radius 3 is 2.27 bits per heavy atom.